The molecule has 134 valence electrons. The van der Waals surface area contributed by atoms with E-state index in [2.05, 4.69) is 30.1 Å². The van der Waals surface area contributed by atoms with Crippen molar-refractivity contribution in [3.05, 3.63) is 59.8 Å². The van der Waals surface area contributed by atoms with Crippen LogP contribution >= 0.6 is 0 Å². The number of fused-ring (bicyclic) bond motifs is 1. The van der Waals surface area contributed by atoms with Crippen molar-refractivity contribution in [1.82, 2.24) is 9.88 Å². The first-order chi connectivity index (χ1) is 12.6. The number of amidine groups is 1. The van der Waals surface area contributed by atoms with E-state index in [9.17, 15) is 5.21 Å². The summed E-state index contributed by atoms with van der Waals surface area (Å²) in [5, 5.41) is 12.8. The lowest BCUT2D eigenvalue weighted by Crippen LogP contribution is -2.29. The molecule has 2 aliphatic heterocycles. The number of oxime groups is 1. The van der Waals surface area contributed by atoms with E-state index in [0.717, 1.165) is 36.4 Å². The van der Waals surface area contributed by atoms with Gasteiger partial charge in [0.05, 0.1) is 0 Å². The summed E-state index contributed by atoms with van der Waals surface area (Å²) in [5.74, 6) is 2.41. The summed E-state index contributed by atoms with van der Waals surface area (Å²) < 4.78 is 12.0. The standard InChI is InChI=1S/C20H21N3O3/c1-20(2)12-14-6-5-7-16(18(14)26-20)25-17-9-8-15(13-21-17)19(22-24)23-10-3-4-11-23/h3-9,13,24H,10-12H2,1-2H3/b22-19-. The van der Waals surface area contributed by atoms with Crippen LogP contribution in [0.3, 0.4) is 0 Å². The van der Waals surface area contributed by atoms with Crippen LogP contribution in [0.25, 0.3) is 0 Å². The van der Waals surface area contributed by atoms with E-state index in [-0.39, 0.29) is 5.60 Å². The Labute approximate surface area is 152 Å². The topological polar surface area (TPSA) is 67.2 Å². The van der Waals surface area contributed by atoms with Crippen LogP contribution in [-0.4, -0.2) is 39.6 Å². The van der Waals surface area contributed by atoms with Gasteiger partial charge in [0.15, 0.2) is 17.3 Å². The van der Waals surface area contributed by atoms with E-state index in [4.69, 9.17) is 9.47 Å². The maximum absolute atomic E-state index is 9.34. The number of pyridine rings is 1. The van der Waals surface area contributed by atoms with Crippen LogP contribution in [-0.2, 0) is 6.42 Å². The lowest BCUT2D eigenvalue weighted by Gasteiger charge is -2.19. The van der Waals surface area contributed by atoms with E-state index in [1.807, 2.05) is 35.3 Å². The summed E-state index contributed by atoms with van der Waals surface area (Å²) >= 11 is 0. The largest absolute Gasteiger partial charge is 0.483 e. The smallest absolute Gasteiger partial charge is 0.219 e. The predicted molar refractivity (Wildman–Crippen MR) is 98.2 cm³/mol. The molecule has 0 atom stereocenters. The Bertz CT molecular complexity index is 864. The van der Waals surface area contributed by atoms with Crippen LogP contribution in [0.15, 0.2) is 53.8 Å². The van der Waals surface area contributed by atoms with Crippen LogP contribution in [0.1, 0.15) is 25.0 Å². The zero-order valence-corrected chi connectivity index (χ0v) is 14.8. The van der Waals surface area contributed by atoms with Crippen molar-refractivity contribution in [2.45, 2.75) is 25.9 Å². The fourth-order valence-corrected chi connectivity index (χ4v) is 3.31. The van der Waals surface area contributed by atoms with Gasteiger partial charge in [0.2, 0.25) is 5.88 Å². The van der Waals surface area contributed by atoms with Crippen molar-refractivity contribution in [2.24, 2.45) is 5.16 Å². The highest BCUT2D eigenvalue weighted by Gasteiger charge is 2.32. The second kappa shape index (κ2) is 6.37. The predicted octanol–water partition coefficient (Wildman–Crippen LogP) is 3.60. The number of hydrogen-bond donors (Lipinski definition) is 1. The van der Waals surface area contributed by atoms with Gasteiger partial charge in [0.25, 0.3) is 0 Å². The quantitative estimate of drug-likeness (QED) is 0.301. The number of ether oxygens (including phenoxy) is 2. The summed E-state index contributed by atoms with van der Waals surface area (Å²) in [4.78, 5) is 6.32. The van der Waals surface area contributed by atoms with E-state index >= 15 is 0 Å². The molecule has 0 bridgehead atoms. The first-order valence-electron chi connectivity index (χ1n) is 8.63. The van der Waals surface area contributed by atoms with Crippen LogP contribution in [0.2, 0.25) is 0 Å². The number of hydrogen-bond acceptors (Lipinski definition) is 5. The summed E-state index contributed by atoms with van der Waals surface area (Å²) in [6, 6.07) is 9.51. The molecule has 1 aromatic carbocycles. The Morgan fingerprint density at radius 2 is 2.04 bits per heavy atom. The van der Waals surface area contributed by atoms with Gasteiger partial charge in [-0.25, -0.2) is 4.98 Å². The second-order valence-corrected chi connectivity index (χ2v) is 7.07. The van der Waals surface area contributed by atoms with Crippen molar-refractivity contribution >= 4 is 5.84 Å². The van der Waals surface area contributed by atoms with E-state index in [1.54, 1.807) is 12.3 Å². The molecule has 0 saturated heterocycles. The van der Waals surface area contributed by atoms with Gasteiger partial charge in [0.1, 0.15) is 5.60 Å². The van der Waals surface area contributed by atoms with E-state index in [0.29, 0.717) is 17.5 Å². The monoisotopic (exact) mass is 351 g/mol. The fraction of sp³-hybridized carbons (Fsp3) is 0.300. The molecule has 6 nitrogen and oxygen atoms in total. The molecule has 0 fully saturated rings. The van der Waals surface area contributed by atoms with Gasteiger partial charge >= 0.3 is 0 Å². The molecule has 0 unspecified atom stereocenters. The fourth-order valence-electron chi connectivity index (χ4n) is 3.31. The van der Waals surface area contributed by atoms with Gasteiger partial charge in [-0.05, 0) is 26.0 Å². The molecule has 2 aliphatic rings. The molecule has 0 radical (unpaired) electrons. The highest BCUT2D eigenvalue weighted by molar-refractivity contribution is 5.98. The zero-order valence-electron chi connectivity index (χ0n) is 14.8. The summed E-state index contributed by atoms with van der Waals surface area (Å²) in [5.41, 5.74) is 1.65. The molecule has 26 heavy (non-hydrogen) atoms. The van der Waals surface area contributed by atoms with Gasteiger partial charge in [-0.15, -0.1) is 0 Å². The molecule has 0 spiro atoms. The molecule has 0 saturated carbocycles. The molecule has 0 aliphatic carbocycles. The maximum atomic E-state index is 9.34. The minimum atomic E-state index is -0.227. The average Bonchev–Trinajstić information content (AvgIpc) is 3.24. The third-order valence-electron chi connectivity index (χ3n) is 4.48. The molecular weight excluding hydrogens is 330 g/mol. The molecule has 3 heterocycles. The van der Waals surface area contributed by atoms with E-state index in [1.165, 1.54) is 0 Å². The third kappa shape index (κ3) is 3.10. The summed E-state index contributed by atoms with van der Waals surface area (Å²) in [6.07, 6.45) is 6.57. The van der Waals surface area contributed by atoms with Gasteiger partial charge < -0.3 is 19.6 Å². The second-order valence-electron chi connectivity index (χ2n) is 7.07. The van der Waals surface area contributed by atoms with Gasteiger partial charge in [-0.1, -0.05) is 29.4 Å². The molecular formula is C20H21N3O3. The Morgan fingerprint density at radius 1 is 1.23 bits per heavy atom. The number of para-hydroxylation sites is 1. The third-order valence-corrected chi connectivity index (χ3v) is 4.48. The van der Waals surface area contributed by atoms with Gasteiger partial charge in [-0.2, -0.15) is 0 Å². The summed E-state index contributed by atoms with van der Waals surface area (Å²) in [7, 11) is 0. The highest BCUT2D eigenvalue weighted by atomic mass is 16.5. The van der Waals surface area contributed by atoms with Crippen molar-refractivity contribution in [3.8, 4) is 17.4 Å². The number of nitrogens with zero attached hydrogens (tertiary/aromatic N) is 3. The Morgan fingerprint density at radius 3 is 2.73 bits per heavy atom. The first-order valence-corrected chi connectivity index (χ1v) is 8.63. The molecule has 0 amide bonds. The van der Waals surface area contributed by atoms with Crippen molar-refractivity contribution in [3.63, 3.8) is 0 Å². The normalized spacial score (nSPS) is 17.9. The SMILES string of the molecule is CC1(C)Cc2cccc(Oc3ccc(/C(=N/O)N4CC=CC4)cn3)c2O1. The summed E-state index contributed by atoms with van der Waals surface area (Å²) in [6.45, 7) is 5.57. The maximum Gasteiger partial charge on any atom is 0.219 e. The van der Waals surface area contributed by atoms with Crippen molar-refractivity contribution < 1.29 is 14.7 Å². The van der Waals surface area contributed by atoms with Crippen LogP contribution in [0.5, 0.6) is 17.4 Å². The number of rotatable bonds is 3. The number of benzene rings is 1. The molecule has 2 aromatic rings. The van der Waals surface area contributed by atoms with Crippen LogP contribution in [0.4, 0.5) is 0 Å². The van der Waals surface area contributed by atoms with Gasteiger partial charge in [0, 0.05) is 42.9 Å². The van der Waals surface area contributed by atoms with Crippen molar-refractivity contribution in [1.29, 1.82) is 0 Å². The number of aromatic nitrogens is 1. The Hall–Kier alpha value is -3.02. The molecule has 1 N–H and O–H groups in total. The minimum absolute atomic E-state index is 0.227. The molecule has 4 rings (SSSR count). The average molecular weight is 351 g/mol. The van der Waals surface area contributed by atoms with Crippen LogP contribution < -0.4 is 9.47 Å². The zero-order chi connectivity index (χ0) is 18.1. The van der Waals surface area contributed by atoms with Crippen molar-refractivity contribution in [2.75, 3.05) is 13.1 Å². The van der Waals surface area contributed by atoms with E-state index < -0.39 is 0 Å². The minimum Gasteiger partial charge on any atom is -0.483 e. The first kappa shape index (κ1) is 16.4. The lowest BCUT2D eigenvalue weighted by atomic mass is 10.0. The molecule has 6 heteroatoms. The highest BCUT2D eigenvalue weighted by Crippen LogP contribution is 2.43. The van der Waals surface area contributed by atoms with Crippen LogP contribution in [0, 0.1) is 0 Å². The lowest BCUT2D eigenvalue weighted by molar-refractivity contribution is 0.135. The Balaban J connectivity index is 1.53. The molecule has 1 aromatic heterocycles. The Kier molecular flexibility index (Phi) is 4.03. The van der Waals surface area contributed by atoms with Gasteiger partial charge in [-0.3, -0.25) is 0 Å².